The third-order valence-electron chi connectivity index (χ3n) is 2.95. The molecule has 1 rings (SSSR count). The molecule has 0 amide bonds. The number of nitrogens with one attached hydrogen (secondary N) is 1. The first-order valence-electron chi connectivity index (χ1n) is 5.68. The minimum atomic E-state index is -7.07. The monoisotopic (exact) mass is 399 g/mol. The average Bonchev–Trinajstić information content (AvgIpc) is 2.31. The van der Waals surface area contributed by atoms with Gasteiger partial charge in [-0.25, -0.2) is 16.8 Å². The zero-order valence-corrected chi connectivity index (χ0v) is 12.4. The lowest BCUT2D eigenvalue weighted by Gasteiger charge is -2.35. The number of hydrogen-bond donors (Lipinski definition) is 1. The van der Waals surface area contributed by atoms with Crippen LogP contribution in [0.5, 0.6) is 0 Å². The largest absolute Gasteiger partial charge is 0.428 e. The molecule has 23 heavy (non-hydrogen) atoms. The summed E-state index contributed by atoms with van der Waals surface area (Å²) >= 11 is 0. The van der Waals surface area contributed by atoms with Crippen molar-refractivity contribution in [2.75, 3.05) is 5.75 Å². The summed E-state index contributed by atoms with van der Waals surface area (Å²) in [6.07, 6.45) is -3.93. The SMILES string of the molecule is O=S1(=O)CCCCC(F)(F)C(F)(F)C(F)(F)C(F)(F)S(=O)(=O)N1. The van der Waals surface area contributed by atoms with Crippen LogP contribution in [-0.4, -0.2) is 45.6 Å². The fraction of sp³-hybridized carbons (Fsp3) is 1.00. The second-order valence-electron chi connectivity index (χ2n) is 4.73. The van der Waals surface area contributed by atoms with Crippen LogP contribution in [0.25, 0.3) is 0 Å². The molecule has 1 N–H and O–H groups in total. The molecule has 0 aliphatic carbocycles. The Morgan fingerprint density at radius 2 is 1.22 bits per heavy atom. The van der Waals surface area contributed by atoms with Gasteiger partial charge in [-0.2, -0.15) is 35.1 Å². The van der Waals surface area contributed by atoms with Gasteiger partial charge in [0.05, 0.1) is 5.75 Å². The van der Waals surface area contributed by atoms with Gasteiger partial charge in [0.25, 0.3) is 10.0 Å². The maximum absolute atomic E-state index is 13.4. The van der Waals surface area contributed by atoms with E-state index in [-0.39, 0.29) is 4.13 Å². The van der Waals surface area contributed by atoms with Crippen LogP contribution in [0.1, 0.15) is 19.3 Å². The van der Waals surface area contributed by atoms with E-state index in [1.807, 2.05) is 0 Å². The molecule has 0 spiro atoms. The molecule has 0 unspecified atom stereocenters. The van der Waals surface area contributed by atoms with Gasteiger partial charge in [0.1, 0.15) is 0 Å². The second-order valence-corrected chi connectivity index (χ2v) is 8.56. The third-order valence-corrected chi connectivity index (χ3v) is 6.60. The smallest absolute Gasteiger partial charge is 0.211 e. The molecule has 0 radical (unpaired) electrons. The highest BCUT2D eigenvalue weighted by atomic mass is 32.3. The molecule has 1 heterocycles. The van der Waals surface area contributed by atoms with E-state index >= 15 is 0 Å². The van der Waals surface area contributed by atoms with Gasteiger partial charge in [0.15, 0.2) is 0 Å². The molecule has 15 heteroatoms. The van der Waals surface area contributed by atoms with Crippen LogP contribution in [-0.2, 0) is 20.0 Å². The summed E-state index contributed by atoms with van der Waals surface area (Å²) in [5, 5.41) is -6.82. The van der Waals surface area contributed by atoms with E-state index in [9.17, 15) is 52.0 Å². The molecule has 1 saturated heterocycles. The van der Waals surface area contributed by atoms with Crippen molar-refractivity contribution < 1.29 is 52.0 Å². The van der Waals surface area contributed by atoms with Gasteiger partial charge in [0, 0.05) is 6.42 Å². The summed E-state index contributed by atoms with van der Waals surface area (Å²) in [5.41, 5.74) is 0. The van der Waals surface area contributed by atoms with Crippen LogP contribution < -0.4 is 4.13 Å². The highest BCUT2D eigenvalue weighted by Crippen LogP contribution is 2.55. The normalized spacial score (nSPS) is 31.7. The van der Waals surface area contributed by atoms with E-state index < -0.39 is 68.1 Å². The van der Waals surface area contributed by atoms with Crippen molar-refractivity contribution in [3.8, 4) is 0 Å². The predicted octanol–water partition coefficient (Wildman–Crippen LogP) is 1.92. The number of rotatable bonds is 0. The molecule has 1 aliphatic heterocycles. The van der Waals surface area contributed by atoms with Crippen molar-refractivity contribution in [1.82, 2.24) is 4.13 Å². The number of alkyl halides is 8. The van der Waals surface area contributed by atoms with E-state index in [4.69, 9.17) is 0 Å². The summed E-state index contributed by atoms with van der Waals surface area (Å²) in [6.45, 7) is 0. The lowest BCUT2D eigenvalue weighted by molar-refractivity contribution is -0.348. The fourth-order valence-corrected chi connectivity index (χ4v) is 4.78. The first kappa shape index (κ1) is 20.3. The molecule has 0 aromatic carbocycles. The van der Waals surface area contributed by atoms with Gasteiger partial charge < -0.3 is 0 Å². The fourth-order valence-electron chi connectivity index (χ4n) is 1.64. The Hall–Kier alpha value is -0.700. The number of hydrogen-bond acceptors (Lipinski definition) is 4. The Bertz CT molecular complexity index is 672. The first-order valence-corrected chi connectivity index (χ1v) is 8.82. The van der Waals surface area contributed by atoms with Crippen LogP contribution in [0.2, 0.25) is 0 Å². The molecule has 1 aliphatic rings. The minimum Gasteiger partial charge on any atom is -0.211 e. The summed E-state index contributed by atoms with van der Waals surface area (Å²) in [4.78, 5) is 0. The minimum absolute atomic E-state index is 0.177. The molecule has 1 fully saturated rings. The third kappa shape index (κ3) is 3.14. The van der Waals surface area contributed by atoms with E-state index in [0.717, 1.165) is 0 Å². The molecular weight excluding hydrogens is 390 g/mol. The zero-order valence-electron chi connectivity index (χ0n) is 10.8. The standard InChI is InChI=1S/C8H9F8NO4S2/c9-5(10)3-1-2-4-22(18,19)17-23(20,21)8(15,16)7(13,14)6(5,11)12/h17H,1-4H2. The number of sulfonamides is 2. The van der Waals surface area contributed by atoms with Gasteiger partial charge in [-0.15, -0.1) is 4.13 Å². The maximum atomic E-state index is 13.4. The van der Waals surface area contributed by atoms with Gasteiger partial charge in [-0.1, -0.05) is 0 Å². The molecule has 5 nitrogen and oxygen atoms in total. The summed E-state index contributed by atoms with van der Waals surface area (Å²) in [6, 6.07) is 0. The zero-order chi connectivity index (χ0) is 18.5. The second kappa shape index (κ2) is 5.40. The molecular formula is C8H9F8NO4S2. The van der Waals surface area contributed by atoms with Gasteiger partial charge in [0.2, 0.25) is 10.0 Å². The van der Waals surface area contributed by atoms with Crippen molar-refractivity contribution in [2.24, 2.45) is 0 Å². The summed E-state index contributed by atoms with van der Waals surface area (Å²) in [7, 11) is -12.1. The Kier molecular flexibility index (Phi) is 4.78. The lowest BCUT2D eigenvalue weighted by Crippen LogP contribution is -2.66. The van der Waals surface area contributed by atoms with Crippen LogP contribution in [0.15, 0.2) is 0 Å². The van der Waals surface area contributed by atoms with Gasteiger partial charge in [-0.05, 0) is 12.8 Å². The van der Waals surface area contributed by atoms with E-state index in [2.05, 4.69) is 0 Å². The molecule has 0 aromatic rings. The predicted molar refractivity (Wildman–Crippen MR) is 59.5 cm³/mol. The Morgan fingerprint density at radius 1 is 0.739 bits per heavy atom. The van der Waals surface area contributed by atoms with E-state index in [1.165, 1.54) is 0 Å². The topological polar surface area (TPSA) is 80.3 Å². The highest BCUT2D eigenvalue weighted by Gasteiger charge is 2.84. The maximum Gasteiger partial charge on any atom is 0.428 e. The summed E-state index contributed by atoms with van der Waals surface area (Å²) < 4.78 is 151. The molecule has 138 valence electrons. The van der Waals surface area contributed by atoms with Crippen molar-refractivity contribution in [2.45, 2.75) is 42.3 Å². The van der Waals surface area contributed by atoms with E-state index in [0.29, 0.717) is 0 Å². The highest BCUT2D eigenvalue weighted by molar-refractivity contribution is 8.05. The molecule has 0 bridgehead atoms. The lowest BCUT2D eigenvalue weighted by atomic mass is 9.99. The molecule has 0 atom stereocenters. The number of halogens is 8. The Labute approximate surface area is 125 Å². The van der Waals surface area contributed by atoms with Crippen molar-refractivity contribution in [3.63, 3.8) is 0 Å². The van der Waals surface area contributed by atoms with Crippen molar-refractivity contribution in [1.29, 1.82) is 0 Å². The van der Waals surface area contributed by atoms with Crippen LogP contribution in [0.3, 0.4) is 0 Å². The van der Waals surface area contributed by atoms with Crippen LogP contribution >= 0.6 is 0 Å². The van der Waals surface area contributed by atoms with Crippen LogP contribution in [0, 0.1) is 0 Å². The average molecular weight is 399 g/mol. The Morgan fingerprint density at radius 3 is 1.70 bits per heavy atom. The van der Waals surface area contributed by atoms with Gasteiger partial charge in [-0.3, -0.25) is 0 Å². The van der Waals surface area contributed by atoms with Crippen molar-refractivity contribution >= 4 is 20.0 Å². The molecule has 0 saturated carbocycles. The first-order chi connectivity index (χ1) is 9.91. The Balaban J connectivity index is 3.64. The summed E-state index contributed by atoms with van der Waals surface area (Å²) in [5.74, 6) is -20.8. The molecule has 0 aromatic heterocycles. The van der Waals surface area contributed by atoms with Crippen LogP contribution in [0.4, 0.5) is 35.1 Å². The van der Waals surface area contributed by atoms with Crippen molar-refractivity contribution in [3.05, 3.63) is 0 Å². The van der Waals surface area contributed by atoms with Gasteiger partial charge >= 0.3 is 23.0 Å². The van der Waals surface area contributed by atoms with E-state index in [1.54, 1.807) is 0 Å². The quantitative estimate of drug-likeness (QED) is 0.632.